The van der Waals surface area contributed by atoms with Gasteiger partial charge in [-0.3, -0.25) is 9.69 Å². The molecule has 1 saturated heterocycles. The third-order valence-corrected chi connectivity index (χ3v) is 3.36. The standard InChI is InChI=1S/C11H19NO3/c1-8-10(5-7-15-8)12(9-2-3-9)6-4-11(13)14/h8-10H,2-7H2,1H3,(H,13,14). The van der Waals surface area contributed by atoms with Crippen molar-refractivity contribution in [1.29, 1.82) is 0 Å². The molecule has 0 aromatic heterocycles. The first kappa shape index (κ1) is 10.9. The Kier molecular flexibility index (Phi) is 3.26. The molecular weight excluding hydrogens is 194 g/mol. The van der Waals surface area contributed by atoms with Crippen LogP contribution in [0.5, 0.6) is 0 Å². The third-order valence-electron chi connectivity index (χ3n) is 3.36. The van der Waals surface area contributed by atoms with Crippen molar-refractivity contribution in [3.63, 3.8) is 0 Å². The van der Waals surface area contributed by atoms with Gasteiger partial charge in [0.15, 0.2) is 0 Å². The van der Waals surface area contributed by atoms with E-state index in [1.807, 2.05) is 0 Å². The van der Waals surface area contributed by atoms with Crippen LogP contribution in [0.25, 0.3) is 0 Å². The van der Waals surface area contributed by atoms with Gasteiger partial charge in [0.2, 0.25) is 0 Å². The summed E-state index contributed by atoms with van der Waals surface area (Å²) in [5, 5.41) is 8.72. The molecule has 1 heterocycles. The molecule has 2 fully saturated rings. The fourth-order valence-electron chi connectivity index (χ4n) is 2.41. The van der Waals surface area contributed by atoms with E-state index >= 15 is 0 Å². The predicted octanol–water partition coefficient (Wildman–Crippen LogP) is 1.10. The quantitative estimate of drug-likeness (QED) is 0.743. The van der Waals surface area contributed by atoms with Gasteiger partial charge in [0.25, 0.3) is 0 Å². The zero-order chi connectivity index (χ0) is 10.8. The van der Waals surface area contributed by atoms with Crippen LogP contribution < -0.4 is 0 Å². The van der Waals surface area contributed by atoms with E-state index in [2.05, 4.69) is 11.8 Å². The minimum Gasteiger partial charge on any atom is -0.481 e. The molecule has 2 rings (SSSR count). The monoisotopic (exact) mass is 213 g/mol. The van der Waals surface area contributed by atoms with Crippen LogP contribution in [0.1, 0.15) is 32.6 Å². The van der Waals surface area contributed by atoms with E-state index in [1.165, 1.54) is 12.8 Å². The van der Waals surface area contributed by atoms with E-state index < -0.39 is 5.97 Å². The van der Waals surface area contributed by atoms with E-state index in [4.69, 9.17) is 9.84 Å². The van der Waals surface area contributed by atoms with Gasteiger partial charge < -0.3 is 9.84 Å². The van der Waals surface area contributed by atoms with Gasteiger partial charge in [0, 0.05) is 25.2 Å². The maximum atomic E-state index is 10.6. The average molecular weight is 213 g/mol. The summed E-state index contributed by atoms with van der Waals surface area (Å²) in [5.41, 5.74) is 0. The van der Waals surface area contributed by atoms with Crippen molar-refractivity contribution < 1.29 is 14.6 Å². The van der Waals surface area contributed by atoms with E-state index in [1.54, 1.807) is 0 Å². The molecule has 4 heteroatoms. The minimum absolute atomic E-state index is 0.250. The summed E-state index contributed by atoms with van der Waals surface area (Å²) >= 11 is 0. The molecular formula is C11H19NO3. The van der Waals surface area contributed by atoms with E-state index in [-0.39, 0.29) is 12.5 Å². The van der Waals surface area contributed by atoms with E-state index in [0.29, 0.717) is 18.6 Å². The fourth-order valence-corrected chi connectivity index (χ4v) is 2.41. The summed E-state index contributed by atoms with van der Waals surface area (Å²) in [4.78, 5) is 12.9. The molecule has 4 nitrogen and oxygen atoms in total. The second kappa shape index (κ2) is 4.49. The Morgan fingerprint density at radius 2 is 2.20 bits per heavy atom. The largest absolute Gasteiger partial charge is 0.481 e. The highest BCUT2D eigenvalue weighted by molar-refractivity contribution is 5.66. The Morgan fingerprint density at radius 1 is 1.47 bits per heavy atom. The fraction of sp³-hybridized carbons (Fsp3) is 0.909. The van der Waals surface area contributed by atoms with Crippen molar-refractivity contribution in [2.24, 2.45) is 0 Å². The van der Waals surface area contributed by atoms with Gasteiger partial charge in [-0.2, -0.15) is 0 Å². The smallest absolute Gasteiger partial charge is 0.304 e. The van der Waals surface area contributed by atoms with Crippen LogP contribution in [0.3, 0.4) is 0 Å². The number of aliphatic carboxylic acids is 1. The number of carboxylic acid groups (broad SMARTS) is 1. The highest BCUT2D eigenvalue weighted by atomic mass is 16.5. The van der Waals surface area contributed by atoms with Crippen LogP contribution in [-0.4, -0.2) is 47.3 Å². The Balaban J connectivity index is 1.90. The zero-order valence-electron chi connectivity index (χ0n) is 9.19. The summed E-state index contributed by atoms with van der Waals surface area (Å²) in [7, 11) is 0. The number of nitrogens with zero attached hydrogens (tertiary/aromatic N) is 1. The van der Waals surface area contributed by atoms with Crippen molar-refractivity contribution in [2.75, 3.05) is 13.2 Å². The highest BCUT2D eigenvalue weighted by Gasteiger charge is 2.38. The first-order valence-corrected chi connectivity index (χ1v) is 5.77. The topological polar surface area (TPSA) is 49.8 Å². The molecule has 2 atom stereocenters. The predicted molar refractivity (Wildman–Crippen MR) is 55.8 cm³/mol. The number of hydrogen-bond acceptors (Lipinski definition) is 3. The van der Waals surface area contributed by atoms with Crippen molar-refractivity contribution in [1.82, 2.24) is 4.90 Å². The SMILES string of the molecule is CC1OCCC1N(CCC(=O)O)C1CC1. The van der Waals surface area contributed by atoms with Crippen LogP contribution in [0.4, 0.5) is 0 Å². The number of rotatable bonds is 5. The molecule has 2 unspecified atom stereocenters. The average Bonchev–Trinajstić information content (AvgIpc) is 2.92. The minimum atomic E-state index is -0.702. The molecule has 0 spiro atoms. The molecule has 0 aromatic rings. The van der Waals surface area contributed by atoms with Gasteiger partial charge in [-0.15, -0.1) is 0 Å². The van der Waals surface area contributed by atoms with Crippen LogP contribution >= 0.6 is 0 Å². The lowest BCUT2D eigenvalue weighted by molar-refractivity contribution is -0.137. The second-order valence-corrected chi connectivity index (χ2v) is 4.54. The molecule has 0 amide bonds. The number of ether oxygens (including phenoxy) is 1. The Hall–Kier alpha value is -0.610. The summed E-state index contributed by atoms with van der Waals surface area (Å²) in [6.07, 6.45) is 4.02. The summed E-state index contributed by atoms with van der Waals surface area (Å²) in [5.74, 6) is -0.702. The van der Waals surface area contributed by atoms with Gasteiger partial charge in [-0.25, -0.2) is 0 Å². The van der Waals surface area contributed by atoms with Gasteiger partial charge in [0.05, 0.1) is 12.5 Å². The Morgan fingerprint density at radius 3 is 2.67 bits per heavy atom. The van der Waals surface area contributed by atoms with Gasteiger partial charge in [0.1, 0.15) is 0 Å². The molecule has 1 aliphatic heterocycles. The molecule has 1 aliphatic carbocycles. The molecule has 0 bridgehead atoms. The molecule has 0 aromatic carbocycles. The van der Waals surface area contributed by atoms with Gasteiger partial charge in [-0.05, 0) is 26.2 Å². The maximum Gasteiger partial charge on any atom is 0.304 e. The van der Waals surface area contributed by atoms with Gasteiger partial charge >= 0.3 is 5.97 Å². The van der Waals surface area contributed by atoms with Crippen molar-refractivity contribution >= 4 is 5.97 Å². The lowest BCUT2D eigenvalue weighted by Crippen LogP contribution is -2.42. The normalized spacial score (nSPS) is 31.1. The van der Waals surface area contributed by atoms with Crippen LogP contribution in [0.2, 0.25) is 0 Å². The van der Waals surface area contributed by atoms with Crippen molar-refractivity contribution in [2.45, 2.75) is 50.8 Å². The van der Waals surface area contributed by atoms with Crippen LogP contribution in [-0.2, 0) is 9.53 Å². The second-order valence-electron chi connectivity index (χ2n) is 4.54. The molecule has 0 radical (unpaired) electrons. The first-order chi connectivity index (χ1) is 7.18. The number of carboxylic acids is 1. The Labute approximate surface area is 90.2 Å². The summed E-state index contributed by atoms with van der Waals surface area (Å²) < 4.78 is 5.54. The van der Waals surface area contributed by atoms with Crippen LogP contribution in [0.15, 0.2) is 0 Å². The summed E-state index contributed by atoms with van der Waals surface area (Å²) in [6, 6.07) is 1.07. The van der Waals surface area contributed by atoms with E-state index in [9.17, 15) is 4.79 Å². The lowest BCUT2D eigenvalue weighted by atomic mass is 10.1. The zero-order valence-corrected chi connectivity index (χ0v) is 9.19. The molecule has 86 valence electrons. The van der Waals surface area contributed by atoms with Crippen molar-refractivity contribution in [3.05, 3.63) is 0 Å². The maximum absolute atomic E-state index is 10.6. The molecule has 1 N–H and O–H groups in total. The molecule has 2 aliphatic rings. The molecule has 15 heavy (non-hydrogen) atoms. The highest BCUT2D eigenvalue weighted by Crippen LogP contribution is 2.32. The Bertz CT molecular complexity index is 240. The van der Waals surface area contributed by atoms with Gasteiger partial charge in [-0.1, -0.05) is 0 Å². The summed E-state index contributed by atoms with van der Waals surface area (Å²) in [6.45, 7) is 3.59. The first-order valence-electron chi connectivity index (χ1n) is 5.77. The number of hydrogen-bond donors (Lipinski definition) is 1. The van der Waals surface area contributed by atoms with E-state index in [0.717, 1.165) is 13.0 Å². The molecule has 1 saturated carbocycles. The lowest BCUT2D eigenvalue weighted by Gasteiger charge is -2.30. The van der Waals surface area contributed by atoms with Crippen molar-refractivity contribution in [3.8, 4) is 0 Å². The number of carbonyl (C=O) groups is 1. The third kappa shape index (κ3) is 2.69. The van der Waals surface area contributed by atoms with Crippen LogP contribution in [0, 0.1) is 0 Å².